The summed E-state index contributed by atoms with van der Waals surface area (Å²) in [7, 11) is 0. The highest BCUT2D eigenvalue weighted by molar-refractivity contribution is 5.85. The van der Waals surface area contributed by atoms with E-state index >= 15 is 0 Å². The van der Waals surface area contributed by atoms with Crippen LogP contribution < -0.4 is 5.32 Å². The maximum atomic E-state index is 11.9. The largest absolute Gasteiger partial charge is 0.481 e. The fourth-order valence-electron chi connectivity index (χ4n) is 2.39. The van der Waals surface area contributed by atoms with Gasteiger partial charge in [-0.3, -0.25) is 14.4 Å². The van der Waals surface area contributed by atoms with Crippen LogP contribution in [0.25, 0.3) is 0 Å². The monoisotopic (exact) mass is 271 g/mol. The molecule has 0 aromatic heterocycles. The normalized spacial score (nSPS) is 22.6. The van der Waals surface area contributed by atoms with E-state index in [0.29, 0.717) is 19.4 Å². The topological polar surface area (TPSA) is 92.7 Å². The molecule has 0 unspecified atom stereocenters. The van der Waals surface area contributed by atoms with Crippen molar-refractivity contribution < 1.29 is 24.2 Å². The van der Waals surface area contributed by atoms with Gasteiger partial charge in [-0.25, -0.2) is 0 Å². The number of rotatable bonds is 6. The van der Waals surface area contributed by atoms with Crippen molar-refractivity contribution in [1.82, 2.24) is 5.32 Å². The van der Waals surface area contributed by atoms with Gasteiger partial charge in [0, 0.05) is 6.54 Å². The zero-order chi connectivity index (χ0) is 14.3. The van der Waals surface area contributed by atoms with Crippen molar-refractivity contribution in [1.29, 1.82) is 0 Å². The number of carboxylic acids is 1. The second-order valence-electron chi connectivity index (χ2n) is 4.68. The van der Waals surface area contributed by atoms with Crippen molar-refractivity contribution in [3.63, 3.8) is 0 Å². The maximum absolute atomic E-state index is 11.9. The molecule has 1 aliphatic rings. The van der Waals surface area contributed by atoms with Crippen molar-refractivity contribution in [2.45, 2.75) is 39.0 Å². The number of hydrogen-bond donors (Lipinski definition) is 2. The molecule has 0 radical (unpaired) electrons. The molecule has 0 aromatic carbocycles. The van der Waals surface area contributed by atoms with Gasteiger partial charge >= 0.3 is 11.9 Å². The molecular weight excluding hydrogens is 250 g/mol. The lowest BCUT2D eigenvalue weighted by molar-refractivity contribution is -0.149. The van der Waals surface area contributed by atoms with E-state index in [9.17, 15) is 14.4 Å². The summed E-state index contributed by atoms with van der Waals surface area (Å²) in [6, 6.07) is 0. The van der Waals surface area contributed by atoms with Gasteiger partial charge in [-0.2, -0.15) is 0 Å². The number of ether oxygens (including phenoxy) is 1. The van der Waals surface area contributed by atoms with Gasteiger partial charge in [0.05, 0.1) is 24.9 Å². The highest BCUT2D eigenvalue weighted by Gasteiger charge is 2.35. The summed E-state index contributed by atoms with van der Waals surface area (Å²) in [6.45, 7) is 2.23. The fourth-order valence-corrected chi connectivity index (χ4v) is 2.39. The third-order valence-corrected chi connectivity index (χ3v) is 3.35. The van der Waals surface area contributed by atoms with Crippen molar-refractivity contribution >= 4 is 17.8 Å². The molecule has 0 heterocycles. The Kier molecular flexibility index (Phi) is 6.32. The predicted molar refractivity (Wildman–Crippen MR) is 67.3 cm³/mol. The summed E-state index contributed by atoms with van der Waals surface area (Å²) in [5.74, 6) is -2.62. The van der Waals surface area contributed by atoms with Crippen molar-refractivity contribution in [2.75, 3.05) is 13.2 Å². The molecule has 1 rings (SSSR count). The lowest BCUT2D eigenvalue weighted by Gasteiger charge is -2.27. The number of carboxylic acid groups (broad SMARTS) is 1. The predicted octanol–water partition coefficient (Wildman–Crippen LogP) is 0.947. The minimum absolute atomic E-state index is 0.115. The van der Waals surface area contributed by atoms with Crippen LogP contribution in [0.5, 0.6) is 0 Å². The Bertz CT molecular complexity index is 342. The first-order valence-electron chi connectivity index (χ1n) is 6.72. The van der Waals surface area contributed by atoms with E-state index in [-0.39, 0.29) is 24.8 Å². The van der Waals surface area contributed by atoms with Crippen LogP contribution in [0.2, 0.25) is 0 Å². The Labute approximate surface area is 112 Å². The van der Waals surface area contributed by atoms with Crippen LogP contribution in [0.4, 0.5) is 0 Å². The van der Waals surface area contributed by atoms with Crippen LogP contribution in [-0.2, 0) is 19.1 Å². The molecule has 0 saturated heterocycles. The maximum Gasteiger partial charge on any atom is 0.307 e. The Hall–Kier alpha value is -1.59. The fraction of sp³-hybridized carbons (Fsp3) is 0.769. The summed E-state index contributed by atoms with van der Waals surface area (Å²) in [6.07, 6.45) is 2.99. The average Bonchev–Trinajstić information content (AvgIpc) is 2.38. The first-order valence-corrected chi connectivity index (χ1v) is 6.72. The summed E-state index contributed by atoms with van der Waals surface area (Å²) in [5.41, 5.74) is 0. The van der Waals surface area contributed by atoms with Gasteiger partial charge in [-0.1, -0.05) is 12.8 Å². The average molecular weight is 271 g/mol. The minimum atomic E-state index is -0.912. The van der Waals surface area contributed by atoms with Crippen molar-refractivity contribution in [2.24, 2.45) is 11.8 Å². The summed E-state index contributed by atoms with van der Waals surface area (Å²) in [4.78, 5) is 34.1. The molecule has 2 N–H and O–H groups in total. The molecule has 1 fully saturated rings. The van der Waals surface area contributed by atoms with Crippen molar-refractivity contribution in [3.8, 4) is 0 Å². The zero-order valence-electron chi connectivity index (χ0n) is 11.2. The van der Waals surface area contributed by atoms with Gasteiger partial charge in [0.1, 0.15) is 0 Å². The molecule has 1 amide bonds. The molecule has 6 heteroatoms. The van der Waals surface area contributed by atoms with E-state index in [1.807, 2.05) is 0 Å². The van der Waals surface area contributed by atoms with Crippen LogP contribution in [0.15, 0.2) is 0 Å². The molecular formula is C13H21NO5. The van der Waals surface area contributed by atoms with E-state index < -0.39 is 17.8 Å². The van der Waals surface area contributed by atoms with Crippen molar-refractivity contribution in [3.05, 3.63) is 0 Å². The molecule has 0 aliphatic heterocycles. The molecule has 6 nitrogen and oxygen atoms in total. The molecule has 1 saturated carbocycles. The smallest absolute Gasteiger partial charge is 0.307 e. The van der Waals surface area contributed by atoms with Gasteiger partial charge in [-0.15, -0.1) is 0 Å². The minimum Gasteiger partial charge on any atom is -0.481 e. The molecule has 1 aliphatic carbocycles. The lowest BCUT2D eigenvalue weighted by atomic mass is 9.79. The Balaban J connectivity index is 2.38. The van der Waals surface area contributed by atoms with Gasteiger partial charge in [0.2, 0.25) is 5.91 Å². The highest BCUT2D eigenvalue weighted by Crippen LogP contribution is 2.30. The number of aliphatic carboxylic acids is 1. The molecule has 0 aromatic rings. The number of hydrogen-bond acceptors (Lipinski definition) is 4. The molecule has 2 atom stereocenters. The Morgan fingerprint density at radius 3 is 2.42 bits per heavy atom. The first-order chi connectivity index (χ1) is 9.06. The quantitative estimate of drug-likeness (QED) is 0.701. The molecule has 0 spiro atoms. The summed E-state index contributed by atoms with van der Waals surface area (Å²) in [5, 5.41) is 11.7. The van der Waals surface area contributed by atoms with Crippen LogP contribution in [0.3, 0.4) is 0 Å². The molecule has 19 heavy (non-hydrogen) atoms. The van der Waals surface area contributed by atoms with Crippen LogP contribution in [0.1, 0.15) is 39.0 Å². The number of esters is 1. The van der Waals surface area contributed by atoms with Gasteiger partial charge in [0.25, 0.3) is 0 Å². The number of carbonyl (C=O) groups excluding carboxylic acids is 2. The third-order valence-electron chi connectivity index (χ3n) is 3.35. The van der Waals surface area contributed by atoms with E-state index in [4.69, 9.17) is 9.84 Å². The molecule has 0 bridgehead atoms. The van der Waals surface area contributed by atoms with Crippen LogP contribution in [0, 0.1) is 11.8 Å². The van der Waals surface area contributed by atoms with Gasteiger partial charge in [-0.05, 0) is 19.8 Å². The number of carbonyl (C=O) groups is 3. The van der Waals surface area contributed by atoms with E-state index in [1.165, 1.54) is 0 Å². The van der Waals surface area contributed by atoms with E-state index in [1.54, 1.807) is 6.92 Å². The van der Waals surface area contributed by atoms with Gasteiger partial charge in [0.15, 0.2) is 0 Å². The standard InChI is InChI=1S/C13H21NO5/c1-2-19-11(15)7-8-14-12(16)9-5-3-4-6-10(9)13(17)18/h9-10H,2-8H2,1H3,(H,14,16)(H,17,18)/t9-,10+/m1/s1. The SMILES string of the molecule is CCOC(=O)CCNC(=O)[C@@H]1CCCC[C@@H]1C(=O)O. The second kappa shape index (κ2) is 7.76. The Morgan fingerprint density at radius 1 is 1.21 bits per heavy atom. The highest BCUT2D eigenvalue weighted by atomic mass is 16.5. The van der Waals surface area contributed by atoms with Gasteiger partial charge < -0.3 is 15.2 Å². The third kappa shape index (κ3) is 4.89. The van der Waals surface area contributed by atoms with E-state index in [2.05, 4.69) is 5.32 Å². The van der Waals surface area contributed by atoms with Crippen LogP contribution in [-0.4, -0.2) is 36.1 Å². The van der Waals surface area contributed by atoms with E-state index in [0.717, 1.165) is 12.8 Å². The molecule has 108 valence electrons. The first kappa shape index (κ1) is 15.5. The summed E-state index contributed by atoms with van der Waals surface area (Å²) >= 11 is 0. The second-order valence-corrected chi connectivity index (χ2v) is 4.68. The zero-order valence-corrected chi connectivity index (χ0v) is 11.2. The lowest BCUT2D eigenvalue weighted by Crippen LogP contribution is -2.40. The Morgan fingerprint density at radius 2 is 1.84 bits per heavy atom. The van der Waals surface area contributed by atoms with Crippen LogP contribution >= 0.6 is 0 Å². The number of nitrogens with one attached hydrogen (secondary N) is 1. The number of amides is 1. The summed E-state index contributed by atoms with van der Waals surface area (Å²) < 4.78 is 4.74.